The zero-order valence-electron chi connectivity index (χ0n) is 16.9. The lowest BCUT2D eigenvalue weighted by atomic mass is 9.97. The lowest BCUT2D eigenvalue weighted by Gasteiger charge is -2.27. The molecule has 2 heterocycles. The van der Waals surface area contributed by atoms with Gasteiger partial charge in [-0.3, -0.25) is 9.69 Å². The molecule has 3 rings (SSSR count). The van der Waals surface area contributed by atoms with Crippen molar-refractivity contribution >= 4 is 11.7 Å². The summed E-state index contributed by atoms with van der Waals surface area (Å²) in [6.07, 6.45) is 3.90. The Morgan fingerprint density at radius 1 is 1.27 bits per heavy atom. The van der Waals surface area contributed by atoms with Crippen LogP contribution in [0.2, 0.25) is 0 Å². The molecule has 1 saturated heterocycles. The van der Waals surface area contributed by atoms with E-state index in [1.165, 1.54) is 11.1 Å². The Morgan fingerprint density at radius 2 is 1.96 bits per heavy atom. The van der Waals surface area contributed by atoms with Crippen LogP contribution < -0.4 is 5.32 Å². The minimum atomic E-state index is -0.308. The van der Waals surface area contributed by atoms with Gasteiger partial charge >= 0.3 is 0 Å². The molecular weight excluding hydrogens is 326 g/mol. The summed E-state index contributed by atoms with van der Waals surface area (Å²) in [6.45, 7) is 15.2. The zero-order chi connectivity index (χ0) is 18.9. The van der Waals surface area contributed by atoms with E-state index >= 15 is 0 Å². The number of aromatic nitrogens is 1. The van der Waals surface area contributed by atoms with Crippen molar-refractivity contribution in [3.8, 4) is 0 Å². The molecule has 5 heteroatoms. The fraction of sp³-hybridized carbons (Fsp3) is 0.714. The first-order valence-corrected chi connectivity index (χ1v) is 9.93. The summed E-state index contributed by atoms with van der Waals surface area (Å²) < 4.78 is 5.44. The average molecular weight is 360 g/mol. The molecule has 5 nitrogen and oxygen atoms in total. The van der Waals surface area contributed by atoms with E-state index in [0.29, 0.717) is 11.7 Å². The smallest absolute Gasteiger partial charge is 0.232 e. The third-order valence-corrected chi connectivity index (χ3v) is 6.91. The quantitative estimate of drug-likeness (QED) is 0.845. The second-order valence-corrected chi connectivity index (χ2v) is 8.42. The summed E-state index contributed by atoms with van der Waals surface area (Å²) in [5.41, 5.74) is 2.24. The highest BCUT2D eigenvalue weighted by Gasteiger charge is 2.70. The van der Waals surface area contributed by atoms with Crippen molar-refractivity contribution in [2.45, 2.75) is 54.0 Å². The summed E-state index contributed by atoms with van der Waals surface area (Å²) in [5, 5.41) is 3.10. The molecule has 0 radical (unpaired) electrons. The average Bonchev–Trinajstić information content (AvgIpc) is 3.08. The van der Waals surface area contributed by atoms with Gasteiger partial charge in [0.2, 0.25) is 5.91 Å². The Labute approximate surface area is 157 Å². The van der Waals surface area contributed by atoms with Crippen LogP contribution in [-0.2, 0) is 22.5 Å². The van der Waals surface area contributed by atoms with E-state index < -0.39 is 0 Å². The van der Waals surface area contributed by atoms with Crippen molar-refractivity contribution in [2.75, 3.05) is 31.6 Å². The minimum absolute atomic E-state index is 0.0474. The van der Waals surface area contributed by atoms with Crippen LogP contribution >= 0.6 is 0 Å². The molecule has 2 unspecified atom stereocenters. The summed E-state index contributed by atoms with van der Waals surface area (Å²) in [6, 6.07) is 2.06. The summed E-state index contributed by atoms with van der Waals surface area (Å²) in [4.78, 5) is 19.9. The van der Waals surface area contributed by atoms with Crippen molar-refractivity contribution in [1.82, 2.24) is 9.88 Å². The van der Waals surface area contributed by atoms with Crippen LogP contribution in [0.4, 0.5) is 5.82 Å². The highest BCUT2D eigenvalue weighted by Crippen LogP contribution is 2.70. The molecule has 144 valence electrons. The number of anilines is 1. The van der Waals surface area contributed by atoms with Crippen LogP contribution in [0.1, 0.15) is 52.2 Å². The summed E-state index contributed by atoms with van der Waals surface area (Å²) in [5.74, 6) is 1.20. The van der Waals surface area contributed by atoms with Crippen LogP contribution in [0.5, 0.6) is 0 Å². The molecular formula is C21H33N3O2. The maximum absolute atomic E-state index is 13.0. The second kappa shape index (κ2) is 7.28. The number of ether oxygens (including phenoxy) is 1. The van der Waals surface area contributed by atoms with Gasteiger partial charge in [-0.15, -0.1) is 0 Å². The van der Waals surface area contributed by atoms with Crippen LogP contribution in [0.3, 0.4) is 0 Å². The second-order valence-electron chi connectivity index (χ2n) is 8.42. The van der Waals surface area contributed by atoms with Crippen molar-refractivity contribution < 1.29 is 9.53 Å². The van der Waals surface area contributed by atoms with Crippen molar-refractivity contribution in [3.63, 3.8) is 0 Å². The maximum Gasteiger partial charge on any atom is 0.232 e. The molecule has 1 saturated carbocycles. The monoisotopic (exact) mass is 359 g/mol. The molecule has 1 aromatic rings. The number of nitrogens with zero attached hydrogens (tertiary/aromatic N) is 2. The number of hydrogen-bond acceptors (Lipinski definition) is 4. The Bertz CT molecular complexity index is 667. The lowest BCUT2D eigenvalue weighted by molar-refractivity contribution is -0.122. The molecule has 0 bridgehead atoms. The summed E-state index contributed by atoms with van der Waals surface area (Å²) >= 11 is 0. The lowest BCUT2D eigenvalue weighted by Crippen LogP contribution is -2.36. The molecule has 26 heavy (non-hydrogen) atoms. The van der Waals surface area contributed by atoms with Gasteiger partial charge in [0, 0.05) is 25.8 Å². The first-order chi connectivity index (χ1) is 12.3. The van der Waals surface area contributed by atoms with E-state index in [2.05, 4.69) is 55.9 Å². The number of carbonyl (C=O) groups is 1. The Kier molecular flexibility index (Phi) is 5.40. The number of hydrogen-bond donors (Lipinski definition) is 1. The molecule has 1 aliphatic heterocycles. The molecule has 2 aliphatic rings. The van der Waals surface area contributed by atoms with E-state index in [9.17, 15) is 4.79 Å². The SMILES string of the molecule is CCc1cnc(NC(=O)C2(C)C(CC)C2(C)C)cc1CN1CCOCC1. The van der Waals surface area contributed by atoms with Gasteiger partial charge in [-0.2, -0.15) is 0 Å². The van der Waals surface area contributed by atoms with Gasteiger partial charge in [-0.05, 0) is 41.9 Å². The number of morpholine rings is 1. The molecule has 1 aliphatic carbocycles. The first kappa shape index (κ1) is 19.3. The van der Waals surface area contributed by atoms with E-state index in [1.54, 1.807) is 0 Å². The number of pyridine rings is 1. The van der Waals surface area contributed by atoms with Gasteiger partial charge in [-0.1, -0.05) is 34.1 Å². The topological polar surface area (TPSA) is 54.5 Å². The third-order valence-electron chi connectivity index (χ3n) is 6.91. The van der Waals surface area contributed by atoms with E-state index in [-0.39, 0.29) is 16.7 Å². The Hall–Kier alpha value is -1.46. The molecule has 2 atom stereocenters. The molecule has 0 aromatic carbocycles. The van der Waals surface area contributed by atoms with Gasteiger partial charge in [0.1, 0.15) is 5.82 Å². The van der Waals surface area contributed by atoms with Crippen molar-refractivity contribution in [1.29, 1.82) is 0 Å². The van der Waals surface area contributed by atoms with E-state index in [1.807, 2.05) is 6.20 Å². The van der Waals surface area contributed by atoms with Crippen molar-refractivity contribution in [2.24, 2.45) is 16.7 Å². The van der Waals surface area contributed by atoms with Crippen LogP contribution in [-0.4, -0.2) is 42.1 Å². The van der Waals surface area contributed by atoms with Gasteiger partial charge < -0.3 is 10.1 Å². The van der Waals surface area contributed by atoms with Gasteiger partial charge in [0.25, 0.3) is 0 Å². The normalized spacial score (nSPS) is 28.0. The van der Waals surface area contributed by atoms with Crippen LogP contribution in [0.15, 0.2) is 12.3 Å². The Morgan fingerprint density at radius 3 is 2.54 bits per heavy atom. The number of amides is 1. The highest BCUT2D eigenvalue weighted by molar-refractivity contribution is 5.97. The summed E-state index contributed by atoms with van der Waals surface area (Å²) in [7, 11) is 0. The largest absolute Gasteiger partial charge is 0.379 e. The van der Waals surface area contributed by atoms with Gasteiger partial charge in [0.15, 0.2) is 0 Å². The highest BCUT2D eigenvalue weighted by atomic mass is 16.5. The minimum Gasteiger partial charge on any atom is -0.379 e. The maximum atomic E-state index is 13.0. The predicted octanol–water partition coefficient (Wildman–Crippen LogP) is 3.49. The predicted molar refractivity (Wildman–Crippen MR) is 104 cm³/mol. The van der Waals surface area contributed by atoms with Gasteiger partial charge in [0.05, 0.1) is 18.6 Å². The molecule has 1 N–H and O–H groups in total. The number of rotatable bonds is 6. The van der Waals surface area contributed by atoms with E-state index in [0.717, 1.165) is 45.7 Å². The number of aryl methyl sites for hydroxylation is 1. The molecule has 2 fully saturated rings. The Balaban J connectivity index is 1.74. The standard InChI is InChI=1S/C21H33N3O2/c1-6-15-13-22-18(12-16(15)14-24-8-10-26-11-9-24)23-19(25)21(5)17(7-2)20(21,3)4/h12-13,17H,6-11,14H2,1-5H3,(H,22,23,25). The first-order valence-electron chi connectivity index (χ1n) is 9.93. The molecule has 1 amide bonds. The van der Waals surface area contributed by atoms with Gasteiger partial charge in [-0.25, -0.2) is 4.98 Å². The number of nitrogens with one attached hydrogen (secondary N) is 1. The van der Waals surface area contributed by atoms with E-state index in [4.69, 9.17) is 4.74 Å². The molecule has 0 spiro atoms. The fourth-order valence-electron chi connectivity index (χ4n) is 4.78. The van der Waals surface area contributed by atoms with Crippen LogP contribution in [0, 0.1) is 16.7 Å². The number of carbonyl (C=O) groups excluding carboxylic acids is 1. The van der Waals surface area contributed by atoms with Crippen LogP contribution in [0.25, 0.3) is 0 Å². The third kappa shape index (κ3) is 3.27. The zero-order valence-corrected chi connectivity index (χ0v) is 16.9. The molecule has 1 aromatic heterocycles. The fourth-order valence-corrected chi connectivity index (χ4v) is 4.78. The van der Waals surface area contributed by atoms with Crippen molar-refractivity contribution in [3.05, 3.63) is 23.4 Å².